The number of benzene rings is 1. The number of nitrogens with two attached hydrogens (primary N) is 1. The Labute approximate surface area is 96.3 Å². The number of nitrogens with one attached hydrogen (secondary N) is 1. The molecule has 88 valence electrons. The molecule has 0 aliphatic carbocycles. The molecule has 17 heavy (non-hydrogen) atoms. The number of carbonyl (C=O) groups is 1. The van der Waals surface area contributed by atoms with Crippen LogP contribution in [0.2, 0.25) is 0 Å². The molecule has 0 fully saturated rings. The number of rotatable bonds is 2. The minimum atomic E-state index is -1.09. The number of aromatic carboxylic acids is 1. The predicted molar refractivity (Wildman–Crippen MR) is 62.5 cm³/mol. The maximum absolute atomic E-state index is 11.5. The molecule has 0 unspecified atom stereocenters. The third kappa shape index (κ3) is 1.92. The van der Waals surface area contributed by atoms with Gasteiger partial charge >= 0.3 is 5.97 Å². The number of nitrogen functional groups attached to an aromatic ring is 1. The van der Waals surface area contributed by atoms with Crippen molar-refractivity contribution in [3.63, 3.8) is 0 Å². The van der Waals surface area contributed by atoms with Crippen LogP contribution in [0, 0.1) is 6.92 Å². The number of anilines is 1. The second-order valence-electron chi connectivity index (χ2n) is 3.69. The monoisotopic (exact) mass is 233 g/mol. The maximum atomic E-state index is 11.5. The Balaban J connectivity index is 2.55. The fourth-order valence-corrected chi connectivity index (χ4v) is 1.59. The third-order valence-electron chi connectivity index (χ3n) is 2.37. The van der Waals surface area contributed by atoms with Gasteiger partial charge in [-0.15, -0.1) is 0 Å². The number of aromatic nitrogens is 2. The van der Waals surface area contributed by atoms with Crippen LogP contribution in [-0.2, 0) is 0 Å². The van der Waals surface area contributed by atoms with Crippen LogP contribution in [0.4, 0.5) is 5.69 Å². The van der Waals surface area contributed by atoms with Gasteiger partial charge in [-0.3, -0.25) is 9.89 Å². The molecule has 2 rings (SSSR count). The van der Waals surface area contributed by atoms with E-state index in [1.807, 2.05) is 0 Å². The van der Waals surface area contributed by atoms with Crippen molar-refractivity contribution in [2.24, 2.45) is 0 Å². The van der Waals surface area contributed by atoms with E-state index < -0.39 is 5.97 Å². The number of carboxylic acids is 1. The van der Waals surface area contributed by atoms with Gasteiger partial charge in [0.05, 0.1) is 11.3 Å². The van der Waals surface area contributed by atoms with E-state index in [1.165, 1.54) is 28.9 Å². The number of H-pyrrole nitrogens is 1. The van der Waals surface area contributed by atoms with Crippen LogP contribution in [0.1, 0.15) is 16.1 Å². The summed E-state index contributed by atoms with van der Waals surface area (Å²) in [5.74, 6) is -1.09. The molecular weight excluding hydrogens is 222 g/mol. The number of nitrogens with zero attached hydrogens (tertiary/aromatic N) is 1. The molecule has 0 spiro atoms. The molecule has 1 aromatic heterocycles. The number of aromatic amines is 1. The zero-order valence-corrected chi connectivity index (χ0v) is 9.10. The minimum absolute atomic E-state index is 0.0186. The van der Waals surface area contributed by atoms with Crippen molar-refractivity contribution in [1.29, 1.82) is 0 Å². The average Bonchev–Trinajstić information content (AvgIpc) is 2.57. The van der Waals surface area contributed by atoms with Gasteiger partial charge in [0, 0.05) is 17.4 Å². The van der Waals surface area contributed by atoms with E-state index in [1.54, 1.807) is 6.92 Å². The van der Waals surface area contributed by atoms with Crippen LogP contribution in [0.3, 0.4) is 0 Å². The smallest absolute Gasteiger partial charge is 0.337 e. The summed E-state index contributed by atoms with van der Waals surface area (Å²) in [6, 6.07) is 5.79. The highest BCUT2D eigenvalue weighted by molar-refractivity contribution is 5.94. The number of hydrogen-bond acceptors (Lipinski definition) is 3. The van der Waals surface area contributed by atoms with Gasteiger partial charge in [0.25, 0.3) is 5.56 Å². The molecule has 0 radical (unpaired) electrons. The Hall–Kier alpha value is -2.50. The average molecular weight is 233 g/mol. The lowest BCUT2D eigenvalue weighted by Gasteiger charge is -2.05. The van der Waals surface area contributed by atoms with Gasteiger partial charge in [-0.05, 0) is 25.1 Å². The summed E-state index contributed by atoms with van der Waals surface area (Å²) in [4.78, 5) is 22.3. The van der Waals surface area contributed by atoms with E-state index >= 15 is 0 Å². The first kappa shape index (κ1) is 11.0. The normalized spacial score (nSPS) is 10.4. The Kier molecular flexibility index (Phi) is 2.47. The van der Waals surface area contributed by atoms with Gasteiger partial charge in [0.2, 0.25) is 0 Å². The molecule has 4 N–H and O–H groups in total. The summed E-state index contributed by atoms with van der Waals surface area (Å²) < 4.78 is 1.30. The molecule has 0 saturated carbocycles. The highest BCUT2D eigenvalue weighted by Gasteiger charge is 2.10. The lowest BCUT2D eigenvalue weighted by atomic mass is 10.1. The SMILES string of the molecule is Cc1cc(=O)n(-c2ccc(C(=O)O)c(N)c2)[nH]1. The standard InChI is InChI=1S/C11H11N3O3/c1-6-4-10(15)14(13-6)7-2-3-8(11(16)17)9(12)5-7/h2-5,13H,12H2,1H3,(H,16,17). The van der Waals surface area contributed by atoms with Crippen LogP contribution in [0.25, 0.3) is 5.69 Å². The molecule has 0 aliphatic rings. The van der Waals surface area contributed by atoms with E-state index in [0.29, 0.717) is 5.69 Å². The van der Waals surface area contributed by atoms with Crippen molar-refractivity contribution in [1.82, 2.24) is 9.78 Å². The lowest BCUT2D eigenvalue weighted by molar-refractivity contribution is 0.0698. The van der Waals surface area contributed by atoms with E-state index in [2.05, 4.69) is 5.10 Å². The van der Waals surface area contributed by atoms with E-state index in [4.69, 9.17) is 10.8 Å². The fraction of sp³-hybridized carbons (Fsp3) is 0.0909. The Morgan fingerprint density at radius 1 is 1.41 bits per heavy atom. The summed E-state index contributed by atoms with van der Waals surface area (Å²) in [6.07, 6.45) is 0. The summed E-state index contributed by atoms with van der Waals surface area (Å²) in [7, 11) is 0. The van der Waals surface area contributed by atoms with Gasteiger partial charge in [-0.1, -0.05) is 0 Å². The quantitative estimate of drug-likeness (QED) is 0.666. The zero-order chi connectivity index (χ0) is 12.6. The van der Waals surface area contributed by atoms with Crippen LogP contribution in [0.5, 0.6) is 0 Å². The van der Waals surface area contributed by atoms with Crippen molar-refractivity contribution in [2.45, 2.75) is 6.92 Å². The summed E-state index contributed by atoms with van der Waals surface area (Å²) in [6.45, 7) is 1.76. The van der Waals surface area contributed by atoms with Gasteiger partial charge in [-0.2, -0.15) is 0 Å². The van der Waals surface area contributed by atoms with Gasteiger partial charge in [0.1, 0.15) is 0 Å². The zero-order valence-electron chi connectivity index (χ0n) is 9.10. The molecule has 0 bridgehead atoms. The van der Waals surface area contributed by atoms with Crippen LogP contribution >= 0.6 is 0 Å². The Bertz CT molecular complexity index is 640. The van der Waals surface area contributed by atoms with E-state index in [9.17, 15) is 9.59 Å². The Morgan fingerprint density at radius 2 is 2.12 bits per heavy atom. The molecule has 2 aromatic rings. The maximum Gasteiger partial charge on any atom is 0.337 e. The van der Waals surface area contributed by atoms with Crippen molar-refractivity contribution < 1.29 is 9.90 Å². The second-order valence-corrected chi connectivity index (χ2v) is 3.69. The Morgan fingerprint density at radius 3 is 2.59 bits per heavy atom. The van der Waals surface area contributed by atoms with Crippen molar-refractivity contribution >= 4 is 11.7 Å². The highest BCUT2D eigenvalue weighted by Crippen LogP contribution is 2.16. The van der Waals surface area contributed by atoms with E-state index in [-0.39, 0.29) is 16.8 Å². The fourth-order valence-electron chi connectivity index (χ4n) is 1.59. The first-order valence-corrected chi connectivity index (χ1v) is 4.91. The number of aryl methyl sites for hydroxylation is 1. The molecular formula is C11H11N3O3. The van der Waals surface area contributed by atoms with Crippen LogP contribution < -0.4 is 11.3 Å². The first-order chi connectivity index (χ1) is 7.99. The predicted octanol–water partition coefficient (Wildman–Crippen LogP) is 0.754. The summed E-state index contributed by atoms with van der Waals surface area (Å²) >= 11 is 0. The first-order valence-electron chi connectivity index (χ1n) is 4.91. The molecule has 1 aromatic carbocycles. The van der Waals surface area contributed by atoms with Gasteiger partial charge < -0.3 is 10.8 Å². The van der Waals surface area contributed by atoms with Gasteiger partial charge in [-0.25, -0.2) is 9.48 Å². The van der Waals surface area contributed by atoms with E-state index in [0.717, 1.165) is 5.69 Å². The van der Waals surface area contributed by atoms with Crippen molar-refractivity contribution in [3.8, 4) is 5.69 Å². The highest BCUT2D eigenvalue weighted by atomic mass is 16.4. The molecule has 1 heterocycles. The lowest BCUT2D eigenvalue weighted by Crippen LogP contribution is -2.14. The molecule has 6 heteroatoms. The second kappa shape index (κ2) is 3.82. The van der Waals surface area contributed by atoms with Crippen molar-refractivity contribution in [3.05, 3.63) is 45.9 Å². The number of hydrogen-bond donors (Lipinski definition) is 3. The summed E-state index contributed by atoms with van der Waals surface area (Å²) in [5, 5.41) is 11.7. The third-order valence-corrected chi connectivity index (χ3v) is 2.37. The van der Waals surface area contributed by atoms with Crippen LogP contribution in [-0.4, -0.2) is 20.9 Å². The molecule has 0 saturated heterocycles. The molecule has 6 nitrogen and oxygen atoms in total. The van der Waals surface area contributed by atoms with Crippen molar-refractivity contribution in [2.75, 3.05) is 5.73 Å². The summed E-state index contributed by atoms with van der Waals surface area (Å²) in [5.41, 5.74) is 6.75. The van der Waals surface area contributed by atoms with Crippen LogP contribution in [0.15, 0.2) is 29.1 Å². The minimum Gasteiger partial charge on any atom is -0.478 e. The van der Waals surface area contributed by atoms with Gasteiger partial charge in [0.15, 0.2) is 0 Å². The topological polar surface area (TPSA) is 101 Å². The largest absolute Gasteiger partial charge is 0.478 e. The number of carboxylic acid groups (broad SMARTS) is 1. The molecule has 0 aliphatic heterocycles. The molecule has 0 atom stereocenters. The molecule has 0 amide bonds.